The van der Waals surface area contributed by atoms with Crippen LogP contribution in [0.15, 0.2) is 36.4 Å². The van der Waals surface area contributed by atoms with Crippen molar-refractivity contribution in [3.63, 3.8) is 0 Å². The highest BCUT2D eigenvalue weighted by molar-refractivity contribution is 6.40. The van der Waals surface area contributed by atoms with Crippen LogP contribution in [0.3, 0.4) is 0 Å². The maximum atomic E-state index is 13.3. The van der Waals surface area contributed by atoms with E-state index in [0.717, 1.165) is 0 Å². The number of carbonyl (C=O) groups is 1. The number of nitrogens with two attached hydrogens (primary N) is 1. The van der Waals surface area contributed by atoms with Gasteiger partial charge in [-0.1, -0.05) is 35.3 Å². The maximum Gasteiger partial charge on any atom is 0.262 e. The summed E-state index contributed by atoms with van der Waals surface area (Å²) in [5, 5.41) is 2.90. The van der Waals surface area contributed by atoms with Gasteiger partial charge in [0.25, 0.3) is 5.91 Å². The van der Waals surface area contributed by atoms with Crippen LogP contribution in [0.1, 0.15) is 0 Å². The van der Waals surface area contributed by atoms with E-state index in [9.17, 15) is 9.18 Å². The van der Waals surface area contributed by atoms with Crippen LogP contribution in [0.5, 0.6) is 5.75 Å². The summed E-state index contributed by atoms with van der Waals surface area (Å²) >= 11 is 11.9. The van der Waals surface area contributed by atoms with Crippen LogP contribution in [-0.2, 0) is 4.79 Å². The smallest absolute Gasteiger partial charge is 0.262 e. The van der Waals surface area contributed by atoms with Gasteiger partial charge in [-0.25, -0.2) is 4.39 Å². The predicted molar refractivity (Wildman–Crippen MR) is 81.4 cm³/mol. The van der Waals surface area contributed by atoms with Crippen molar-refractivity contribution in [1.29, 1.82) is 0 Å². The highest BCUT2D eigenvalue weighted by atomic mass is 35.5. The lowest BCUT2D eigenvalue weighted by atomic mass is 10.3. The van der Waals surface area contributed by atoms with Crippen LogP contribution in [0.25, 0.3) is 0 Å². The number of nitrogens with one attached hydrogen (secondary N) is 1. The Morgan fingerprint density at radius 2 is 1.86 bits per heavy atom. The molecule has 4 nitrogen and oxygen atoms in total. The van der Waals surface area contributed by atoms with E-state index in [0.29, 0.717) is 5.69 Å². The van der Waals surface area contributed by atoms with Crippen LogP contribution < -0.4 is 15.8 Å². The second kappa shape index (κ2) is 6.65. The van der Waals surface area contributed by atoms with E-state index in [-0.39, 0.29) is 28.1 Å². The standard InChI is InChI=1S/C14H11Cl2FN2O2/c15-9-5-8(18)6-10(16)14(9)19-13(20)7-21-12-4-2-1-3-11(12)17/h1-6H,7,18H2,(H,19,20). The molecule has 2 aromatic carbocycles. The van der Waals surface area contributed by atoms with Crippen LogP contribution in [-0.4, -0.2) is 12.5 Å². The topological polar surface area (TPSA) is 64.3 Å². The zero-order chi connectivity index (χ0) is 15.4. The molecule has 0 spiro atoms. The number of rotatable bonds is 4. The first-order valence-corrected chi connectivity index (χ1v) is 6.64. The van der Waals surface area contributed by atoms with Crippen molar-refractivity contribution in [2.45, 2.75) is 0 Å². The molecule has 2 aromatic rings. The molecule has 0 aromatic heterocycles. The Bertz CT molecular complexity index is 657. The van der Waals surface area contributed by atoms with Gasteiger partial charge in [0.2, 0.25) is 0 Å². The van der Waals surface area contributed by atoms with Crippen LogP contribution >= 0.6 is 23.2 Å². The monoisotopic (exact) mass is 328 g/mol. The Labute approximate surface area is 130 Å². The third kappa shape index (κ3) is 4.00. The molecule has 0 atom stereocenters. The molecule has 2 rings (SSSR count). The van der Waals surface area contributed by atoms with Crippen molar-refractivity contribution >= 4 is 40.5 Å². The minimum absolute atomic E-state index is 0.0119. The average Bonchev–Trinajstić information content (AvgIpc) is 2.42. The molecule has 0 saturated heterocycles. The van der Waals surface area contributed by atoms with Crippen molar-refractivity contribution in [3.8, 4) is 5.75 Å². The van der Waals surface area contributed by atoms with E-state index in [1.54, 1.807) is 6.07 Å². The summed E-state index contributed by atoms with van der Waals surface area (Å²) in [4.78, 5) is 11.8. The third-order valence-electron chi connectivity index (χ3n) is 2.52. The van der Waals surface area contributed by atoms with Gasteiger partial charge in [0.1, 0.15) is 0 Å². The fraction of sp³-hybridized carbons (Fsp3) is 0.0714. The first-order chi connectivity index (χ1) is 9.97. The molecule has 0 aliphatic carbocycles. The van der Waals surface area contributed by atoms with E-state index in [4.69, 9.17) is 33.7 Å². The van der Waals surface area contributed by atoms with Crippen molar-refractivity contribution in [1.82, 2.24) is 0 Å². The zero-order valence-corrected chi connectivity index (χ0v) is 12.2. The molecule has 0 radical (unpaired) electrons. The molecule has 0 bridgehead atoms. The van der Waals surface area contributed by atoms with Crippen molar-refractivity contribution in [3.05, 3.63) is 52.3 Å². The molecule has 0 aliphatic heterocycles. The maximum absolute atomic E-state index is 13.3. The molecule has 0 unspecified atom stereocenters. The van der Waals surface area contributed by atoms with Gasteiger partial charge < -0.3 is 15.8 Å². The van der Waals surface area contributed by atoms with E-state index in [1.807, 2.05) is 0 Å². The average molecular weight is 329 g/mol. The van der Waals surface area contributed by atoms with Gasteiger partial charge in [-0.3, -0.25) is 4.79 Å². The molecule has 0 fully saturated rings. The van der Waals surface area contributed by atoms with Gasteiger partial charge in [-0.15, -0.1) is 0 Å². The van der Waals surface area contributed by atoms with E-state index in [1.165, 1.54) is 30.3 Å². The summed E-state index contributed by atoms with van der Waals surface area (Å²) in [6.07, 6.45) is 0. The fourth-order valence-corrected chi connectivity index (χ4v) is 2.19. The summed E-state index contributed by atoms with van der Waals surface area (Å²) < 4.78 is 18.4. The SMILES string of the molecule is Nc1cc(Cl)c(NC(=O)COc2ccccc2F)c(Cl)c1. The molecule has 0 heterocycles. The number of carbonyl (C=O) groups excluding carboxylic acids is 1. The van der Waals surface area contributed by atoms with Crippen LogP contribution in [0, 0.1) is 5.82 Å². The first kappa shape index (κ1) is 15.4. The first-order valence-electron chi connectivity index (χ1n) is 5.89. The Kier molecular flexibility index (Phi) is 4.88. The van der Waals surface area contributed by atoms with Crippen molar-refractivity contribution in [2.75, 3.05) is 17.7 Å². The lowest BCUT2D eigenvalue weighted by molar-refractivity contribution is -0.118. The number of amides is 1. The van der Waals surface area contributed by atoms with Gasteiger partial charge in [0.15, 0.2) is 18.2 Å². The zero-order valence-electron chi connectivity index (χ0n) is 10.7. The summed E-state index contributed by atoms with van der Waals surface area (Å²) in [6, 6.07) is 8.70. The molecular formula is C14H11Cl2FN2O2. The second-order valence-electron chi connectivity index (χ2n) is 4.13. The lowest BCUT2D eigenvalue weighted by Crippen LogP contribution is -2.21. The third-order valence-corrected chi connectivity index (χ3v) is 3.12. The van der Waals surface area contributed by atoms with Gasteiger partial charge in [0, 0.05) is 5.69 Å². The normalized spacial score (nSPS) is 10.2. The molecule has 7 heteroatoms. The highest BCUT2D eigenvalue weighted by Gasteiger charge is 2.12. The molecule has 0 aliphatic rings. The van der Waals surface area contributed by atoms with Gasteiger partial charge in [0.05, 0.1) is 15.7 Å². The quantitative estimate of drug-likeness (QED) is 0.840. The largest absolute Gasteiger partial charge is 0.481 e. The number of halogens is 3. The molecule has 3 N–H and O–H groups in total. The van der Waals surface area contributed by atoms with Gasteiger partial charge in [-0.2, -0.15) is 0 Å². The summed E-state index contributed by atoms with van der Waals surface area (Å²) in [7, 11) is 0. The number of ether oxygens (including phenoxy) is 1. The van der Waals surface area contributed by atoms with Gasteiger partial charge >= 0.3 is 0 Å². The van der Waals surface area contributed by atoms with Crippen LogP contribution in [0.2, 0.25) is 10.0 Å². The Morgan fingerprint density at radius 3 is 2.48 bits per heavy atom. The Hall–Kier alpha value is -1.98. The number of nitrogen functional groups attached to an aromatic ring is 1. The number of hydrogen-bond acceptors (Lipinski definition) is 3. The highest BCUT2D eigenvalue weighted by Crippen LogP contribution is 2.32. The lowest BCUT2D eigenvalue weighted by Gasteiger charge is -2.11. The second-order valence-corrected chi connectivity index (χ2v) is 4.94. The van der Waals surface area contributed by atoms with Crippen molar-refractivity contribution < 1.29 is 13.9 Å². The number of hydrogen-bond donors (Lipinski definition) is 2. The molecule has 0 saturated carbocycles. The fourth-order valence-electron chi connectivity index (χ4n) is 1.59. The summed E-state index contributed by atoms with van der Waals surface area (Å²) in [5.41, 5.74) is 6.17. The summed E-state index contributed by atoms with van der Waals surface area (Å²) in [6.45, 7) is -0.377. The van der Waals surface area contributed by atoms with E-state index < -0.39 is 11.7 Å². The minimum atomic E-state index is -0.547. The van der Waals surface area contributed by atoms with Crippen molar-refractivity contribution in [2.24, 2.45) is 0 Å². The van der Waals surface area contributed by atoms with Gasteiger partial charge in [-0.05, 0) is 24.3 Å². The number of para-hydroxylation sites is 1. The summed E-state index contributed by atoms with van der Waals surface area (Å²) in [5.74, 6) is -1.08. The molecular weight excluding hydrogens is 318 g/mol. The predicted octanol–water partition coefficient (Wildman–Crippen LogP) is 3.73. The van der Waals surface area contributed by atoms with Crippen LogP contribution in [0.4, 0.5) is 15.8 Å². The molecule has 1 amide bonds. The van der Waals surface area contributed by atoms with E-state index in [2.05, 4.69) is 5.32 Å². The molecule has 21 heavy (non-hydrogen) atoms. The van der Waals surface area contributed by atoms with E-state index >= 15 is 0 Å². The Morgan fingerprint density at radius 1 is 1.24 bits per heavy atom. The number of benzene rings is 2. The molecule has 110 valence electrons. The number of anilines is 2. The minimum Gasteiger partial charge on any atom is -0.481 e. The Balaban J connectivity index is 2.01.